The number of benzene rings is 2. The van der Waals surface area contributed by atoms with Gasteiger partial charge in [0.2, 0.25) is 5.91 Å². The molecule has 0 unspecified atom stereocenters. The summed E-state index contributed by atoms with van der Waals surface area (Å²) in [6, 6.07) is 15.1. The van der Waals surface area contributed by atoms with Gasteiger partial charge in [-0.2, -0.15) is 0 Å². The van der Waals surface area contributed by atoms with Gasteiger partial charge >= 0.3 is 0 Å². The fourth-order valence-electron chi connectivity index (χ4n) is 2.12. The minimum atomic E-state index is -0.262. The van der Waals surface area contributed by atoms with Crippen molar-refractivity contribution in [3.63, 3.8) is 0 Å². The molecule has 0 bridgehead atoms. The van der Waals surface area contributed by atoms with E-state index in [0.717, 1.165) is 10.0 Å². The Morgan fingerprint density at radius 1 is 1.17 bits per heavy atom. The van der Waals surface area contributed by atoms with Crippen LogP contribution in [0.5, 0.6) is 0 Å². The van der Waals surface area contributed by atoms with Crippen molar-refractivity contribution in [2.45, 2.75) is 11.4 Å². The number of nitrogens with one attached hydrogen (secondary N) is 1. The summed E-state index contributed by atoms with van der Waals surface area (Å²) in [5.41, 5.74) is 1.58. The van der Waals surface area contributed by atoms with E-state index in [0.29, 0.717) is 12.1 Å². The van der Waals surface area contributed by atoms with E-state index in [1.807, 2.05) is 36.6 Å². The summed E-state index contributed by atoms with van der Waals surface area (Å²) < 4.78 is 0.826. The third-order valence-electron chi connectivity index (χ3n) is 3.49. The molecule has 0 heterocycles. The van der Waals surface area contributed by atoms with E-state index in [1.54, 1.807) is 41.9 Å². The van der Waals surface area contributed by atoms with Gasteiger partial charge in [0.15, 0.2) is 0 Å². The molecule has 0 fully saturated rings. The molecule has 2 aromatic carbocycles. The molecule has 24 heavy (non-hydrogen) atoms. The van der Waals surface area contributed by atoms with Crippen molar-refractivity contribution >= 4 is 39.5 Å². The molecular formula is C18H19BrN2O2S. The minimum Gasteiger partial charge on any atom is -0.343 e. The topological polar surface area (TPSA) is 49.4 Å². The van der Waals surface area contributed by atoms with Crippen LogP contribution in [0.1, 0.15) is 15.9 Å². The van der Waals surface area contributed by atoms with Gasteiger partial charge in [-0.25, -0.2) is 0 Å². The summed E-state index contributed by atoms with van der Waals surface area (Å²) in [6.07, 6.45) is 2.03. The van der Waals surface area contributed by atoms with Gasteiger partial charge in [-0.3, -0.25) is 9.59 Å². The Balaban J connectivity index is 1.85. The van der Waals surface area contributed by atoms with Crippen LogP contribution in [0.2, 0.25) is 0 Å². The molecule has 0 spiro atoms. The van der Waals surface area contributed by atoms with E-state index in [9.17, 15) is 9.59 Å². The average molecular weight is 407 g/mol. The van der Waals surface area contributed by atoms with Gasteiger partial charge in [-0.15, -0.1) is 11.8 Å². The first-order valence-electron chi connectivity index (χ1n) is 7.40. The van der Waals surface area contributed by atoms with Crippen LogP contribution >= 0.6 is 27.7 Å². The van der Waals surface area contributed by atoms with Crippen LogP contribution in [0, 0.1) is 0 Å². The zero-order chi connectivity index (χ0) is 17.5. The van der Waals surface area contributed by atoms with Gasteiger partial charge in [-0.1, -0.05) is 34.1 Å². The van der Waals surface area contributed by atoms with E-state index in [1.165, 1.54) is 4.90 Å². The molecular weight excluding hydrogens is 388 g/mol. The highest BCUT2D eigenvalue weighted by atomic mass is 79.9. The molecule has 2 rings (SSSR count). The number of hydrogen-bond donors (Lipinski definition) is 1. The Labute approximate surface area is 154 Å². The molecule has 0 radical (unpaired) electrons. The van der Waals surface area contributed by atoms with Gasteiger partial charge in [0.1, 0.15) is 0 Å². The first-order valence-corrected chi connectivity index (χ1v) is 9.42. The normalized spacial score (nSPS) is 10.3. The smallest absolute Gasteiger partial charge is 0.251 e. The van der Waals surface area contributed by atoms with Crippen molar-refractivity contribution in [1.29, 1.82) is 0 Å². The lowest BCUT2D eigenvalue weighted by atomic mass is 10.2. The molecule has 2 amide bonds. The first kappa shape index (κ1) is 18.5. The maximum absolute atomic E-state index is 12.2. The highest BCUT2D eigenvalue weighted by Crippen LogP contribution is 2.15. The van der Waals surface area contributed by atoms with Gasteiger partial charge in [0.05, 0.1) is 6.54 Å². The van der Waals surface area contributed by atoms with E-state index in [2.05, 4.69) is 21.2 Å². The van der Waals surface area contributed by atoms with Crippen molar-refractivity contribution in [2.75, 3.05) is 19.8 Å². The Hall–Kier alpha value is -1.79. The Morgan fingerprint density at radius 2 is 1.88 bits per heavy atom. The van der Waals surface area contributed by atoms with E-state index >= 15 is 0 Å². The number of nitrogens with zero attached hydrogens (tertiary/aromatic N) is 1. The first-order chi connectivity index (χ1) is 11.5. The average Bonchev–Trinajstić information content (AvgIpc) is 2.60. The lowest BCUT2D eigenvalue weighted by molar-refractivity contribution is -0.129. The Bertz CT molecular complexity index is 719. The number of thioether (sulfide) groups is 1. The van der Waals surface area contributed by atoms with Crippen LogP contribution in [0.25, 0.3) is 0 Å². The van der Waals surface area contributed by atoms with E-state index < -0.39 is 0 Å². The highest BCUT2D eigenvalue weighted by Gasteiger charge is 2.12. The summed E-state index contributed by atoms with van der Waals surface area (Å²) in [5, 5.41) is 2.66. The lowest BCUT2D eigenvalue weighted by Gasteiger charge is -2.18. The quantitative estimate of drug-likeness (QED) is 0.745. The molecule has 6 heteroatoms. The second-order valence-electron chi connectivity index (χ2n) is 5.29. The van der Waals surface area contributed by atoms with E-state index in [-0.39, 0.29) is 18.4 Å². The molecule has 0 aliphatic carbocycles. The zero-order valence-corrected chi connectivity index (χ0v) is 16.0. The van der Waals surface area contributed by atoms with Crippen LogP contribution in [0.15, 0.2) is 57.9 Å². The second kappa shape index (κ2) is 8.89. The molecule has 0 saturated carbocycles. The Kier molecular flexibility index (Phi) is 6.87. The molecule has 1 N–H and O–H groups in total. The van der Waals surface area contributed by atoms with Crippen molar-refractivity contribution in [2.24, 2.45) is 0 Å². The molecule has 0 aromatic heterocycles. The molecule has 0 atom stereocenters. The maximum atomic E-state index is 12.2. The highest BCUT2D eigenvalue weighted by molar-refractivity contribution is 9.10. The summed E-state index contributed by atoms with van der Waals surface area (Å²) in [5.74, 6) is -0.394. The SMILES string of the molecule is CSc1ccc(CN(C)C(=O)CNC(=O)c2cccc(Br)c2)cc1. The molecule has 2 aromatic rings. The zero-order valence-electron chi connectivity index (χ0n) is 13.6. The lowest BCUT2D eigenvalue weighted by Crippen LogP contribution is -2.37. The number of carbonyl (C=O) groups excluding carboxylic acids is 2. The molecule has 0 saturated heterocycles. The Morgan fingerprint density at radius 3 is 2.50 bits per heavy atom. The number of amides is 2. The fourth-order valence-corrected chi connectivity index (χ4v) is 2.92. The van der Waals surface area contributed by atoms with E-state index in [4.69, 9.17) is 0 Å². The number of halogens is 1. The van der Waals surface area contributed by atoms with Gasteiger partial charge < -0.3 is 10.2 Å². The number of carbonyl (C=O) groups is 2. The van der Waals surface area contributed by atoms with Crippen molar-refractivity contribution in [3.05, 3.63) is 64.1 Å². The van der Waals surface area contributed by atoms with Crippen LogP contribution in [-0.4, -0.2) is 36.6 Å². The number of hydrogen-bond acceptors (Lipinski definition) is 3. The van der Waals surface area contributed by atoms with Crippen LogP contribution in [0.3, 0.4) is 0 Å². The van der Waals surface area contributed by atoms with Gasteiger partial charge in [0.25, 0.3) is 5.91 Å². The fraction of sp³-hybridized carbons (Fsp3) is 0.222. The number of rotatable bonds is 6. The second-order valence-corrected chi connectivity index (χ2v) is 7.09. The molecule has 0 aliphatic heterocycles. The monoisotopic (exact) mass is 406 g/mol. The summed E-state index contributed by atoms with van der Waals surface area (Å²) >= 11 is 5.01. The van der Waals surface area contributed by atoms with Gasteiger partial charge in [-0.05, 0) is 42.2 Å². The third-order valence-corrected chi connectivity index (χ3v) is 4.73. The van der Waals surface area contributed by atoms with Crippen molar-refractivity contribution in [3.8, 4) is 0 Å². The minimum absolute atomic E-state index is 0.0231. The van der Waals surface area contributed by atoms with Crippen LogP contribution in [0.4, 0.5) is 0 Å². The van der Waals surface area contributed by atoms with Crippen molar-refractivity contribution in [1.82, 2.24) is 10.2 Å². The van der Waals surface area contributed by atoms with Gasteiger partial charge in [0, 0.05) is 28.5 Å². The molecule has 0 aliphatic rings. The van der Waals surface area contributed by atoms with Crippen LogP contribution in [-0.2, 0) is 11.3 Å². The third kappa shape index (κ3) is 5.39. The summed E-state index contributed by atoms with van der Waals surface area (Å²) in [4.78, 5) is 27.0. The molecule has 4 nitrogen and oxygen atoms in total. The predicted octanol–water partition coefficient (Wildman–Crippen LogP) is 3.56. The summed E-state index contributed by atoms with van der Waals surface area (Å²) in [7, 11) is 1.73. The van der Waals surface area contributed by atoms with Crippen LogP contribution < -0.4 is 5.32 Å². The standard InChI is InChI=1S/C18H19BrN2O2S/c1-21(12-13-6-8-16(24-2)9-7-13)17(22)11-20-18(23)14-4-3-5-15(19)10-14/h3-10H,11-12H2,1-2H3,(H,20,23). The maximum Gasteiger partial charge on any atom is 0.251 e. The number of likely N-dealkylation sites (N-methyl/N-ethyl adjacent to an activating group) is 1. The summed E-state index contributed by atoms with van der Waals surface area (Å²) in [6.45, 7) is 0.491. The van der Waals surface area contributed by atoms with Crippen molar-refractivity contribution < 1.29 is 9.59 Å². The predicted molar refractivity (Wildman–Crippen MR) is 101 cm³/mol. The molecule has 126 valence electrons. The largest absolute Gasteiger partial charge is 0.343 e.